The van der Waals surface area contributed by atoms with E-state index in [1.54, 1.807) is 19.2 Å². The van der Waals surface area contributed by atoms with Gasteiger partial charge in [0.1, 0.15) is 11.6 Å². The molecule has 0 saturated heterocycles. The summed E-state index contributed by atoms with van der Waals surface area (Å²) in [6.07, 6.45) is 6.96. The number of ether oxygens (including phenoxy) is 3. The Morgan fingerprint density at radius 3 is 2.06 bits per heavy atom. The molecular formula is C28H35F3O3. The minimum atomic E-state index is -0.892. The molecule has 0 aromatic heterocycles. The highest BCUT2D eigenvalue weighted by molar-refractivity contribution is 5.34. The van der Waals surface area contributed by atoms with Crippen molar-refractivity contribution < 1.29 is 27.4 Å². The maximum absolute atomic E-state index is 14.8. The van der Waals surface area contributed by atoms with Crippen LogP contribution in [0.1, 0.15) is 81.3 Å². The van der Waals surface area contributed by atoms with Gasteiger partial charge < -0.3 is 14.2 Å². The minimum Gasteiger partial charge on any atom is -0.494 e. The van der Waals surface area contributed by atoms with Gasteiger partial charge in [0.2, 0.25) is 5.82 Å². The highest BCUT2D eigenvalue weighted by atomic mass is 19.2. The van der Waals surface area contributed by atoms with Crippen LogP contribution in [0.5, 0.6) is 11.5 Å². The maximum Gasteiger partial charge on any atom is 0.200 e. The summed E-state index contributed by atoms with van der Waals surface area (Å²) in [5, 5.41) is 0. The zero-order valence-corrected chi connectivity index (χ0v) is 20.1. The van der Waals surface area contributed by atoms with Crippen molar-refractivity contribution in [3.05, 3.63) is 58.9 Å². The molecule has 0 radical (unpaired) electrons. The second-order valence-electron chi connectivity index (χ2n) is 9.64. The fourth-order valence-electron chi connectivity index (χ4n) is 5.53. The predicted octanol–water partition coefficient (Wildman–Crippen LogP) is 7.53. The summed E-state index contributed by atoms with van der Waals surface area (Å²) in [6, 6.07) is 8.34. The monoisotopic (exact) mass is 476 g/mol. The second kappa shape index (κ2) is 11.5. The first-order chi connectivity index (χ1) is 16.5. The Morgan fingerprint density at radius 2 is 1.41 bits per heavy atom. The lowest BCUT2D eigenvalue weighted by molar-refractivity contribution is 0.0654. The maximum atomic E-state index is 14.8. The molecule has 0 spiro atoms. The lowest BCUT2D eigenvalue weighted by atomic mass is 9.79. The average Bonchev–Trinajstić information content (AvgIpc) is 2.86. The second-order valence-corrected chi connectivity index (χ2v) is 9.64. The zero-order valence-electron chi connectivity index (χ0n) is 20.1. The van der Waals surface area contributed by atoms with E-state index < -0.39 is 11.6 Å². The van der Waals surface area contributed by atoms with Gasteiger partial charge in [-0.2, -0.15) is 4.39 Å². The molecule has 2 fully saturated rings. The van der Waals surface area contributed by atoms with E-state index in [-0.39, 0.29) is 35.4 Å². The van der Waals surface area contributed by atoms with Crippen LogP contribution >= 0.6 is 0 Å². The molecule has 4 rings (SSSR count). The number of hydrogen-bond acceptors (Lipinski definition) is 3. The van der Waals surface area contributed by atoms with E-state index in [0.717, 1.165) is 56.9 Å². The molecular weight excluding hydrogens is 441 g/mol. The normalized spacial score (nSPS) is 25.2. The van der Waals surface area contributed by atoms with Gasteiger partial charge in [0, 0.05) is 13.2 Å². The van der Waals surface area contributed by atoms with Gasteiger partial charge in [-0.25, -0.2) is 8.78 Å². The van der Waals surface area contributed by atoms with E-state index in [1.807, 2.05) is 19.1 Å². The Balaban J connectivity index is 1.30. The van der Waals surface area contributed by atoms with Gasteiger partial charge in [-0.15, -0.1) is 0 Å². The molecule has 2 aliphatic carbocycles. The highest BCUT2D eigenvalue weighted by Gasteiger charge is 2.28. The SMILES string of the molecule is CCOc1ccc(C2CCC(COc3ccc(C4CCC(OC)CC4)c(F)c3F)CC2)c(F)c1. The number of methoxy groups -OCH3 is 1. The third kappa shape index (κ3) is 5.70. The van der Waals surface area contributed by atoms with E-state index in [4.69, 9.17) is 14.2 Å². The fourth-order valence-corrected chi connectivity index (χ4v) is 5.53. The van der Waals surface area contributed by atoms with Crippen LogP contribution in [0.15, 0.2) is 30.3 Å². The first-order valence-electron chi connectivity index (χ1n) is 12.6. The molecule has 0 N–H and O–H groups in total. The molecule has 186 valence electrons. The Labute approximate surface area is 200 Å². The van der Waals surface area contributed by atoms with E-state index in [9.17, 15) is 13.2 Å². The molecule has 0 aliphatic heterocycles. The van der Waals surface area contributed by atoms with E-state index >= 15 is 0 Å². The minimum absolute atomic E-state index is 0.0215. The molecule has 0 unspecified atom stereocenters. The van der Waals surface area contributed by atoms with Crippen LogP contribution in [0, 0.1) is 23.4 Å². The van der Waals surface area contributed by atoms with Crippen molar-refractivity contribution >= 4 is 0 Å². The van der Waals surface area contributed by atoms with Gasteiger partial charge in [-0.05, 0) is 99.3 Å². The largest absolute Gasteiger partial charge is 0.494 e. The third-order valence-electron chi connectivity index (χ3n) is 7.57. The van der Waals surface area contributed by atoms with Gasteiger partial charge in [-0.3, -0.25) is 0 Å². The van der Waals surface area contributed by atoms with Gasteiger partial charge in [-0.1, -0.05) is 12.1 Å². The fraction of sp³-hybridized carbons (Fsp3) is 0.571. The van der Waals surface area contributed by atoms with Crippen LogP contribution in [0.3, 0.4) is 0 Å². The first-order valence-corrected chi connectivity index (χ1v) is 12.6. The van der Waals surface area contributed by atoms with Gasteiger partial charge in [0.15, 0.2) is 11.6 Å². The Kier molecular flexibility index (Phi) is 8.41. The van der Waals surface area contributed by atoms with Crippen molar-refractivity contribution in [3.8, 4) is 11.5 Å². The van der Waals surface area contributed by atoms with E-state index in [2.05, 4.69) is 0 Å². The van der Waals surface area contributed by atoms with E-state index in [1.165, 1.54) is 6.07 Å². The van der Waals surface area contributed by atoms with Crippen LogP contribution in [0.2, 0.25) is 0 Å². The van der Waals surface area contributed by atoms with Crippen molar-refractivity contribution in [2.45, 2.75) is 76.2 Å². The van der Waals surface area contributed by atoms with E-state index in [0.29, 0.717) is 24.5 Å². The lowest BCUT2D eigenvalue weighted by Gasteiger charge is -2.29. The summed E-state index contributed by atoms with van der Waals surface area (Å²) in [6.45, 7) is 2.72. The molecule has 6 heteroatoms. The summed E-state index contributed by atoms with van der Waals surface area (Å²) < 4.78 is 60.6. The number of rotatable bonds is 8. The van der Waals surface area contributed by atoms with Crippen LogP contribution in [0.25, 0.3) is 0 Å². The summed E-state index contributed by atoms with van der Waals surface area (Å²) in [7, 11) is 1.70. The van der Waals surface area contributed by atoms with Crippen LogP contribution in [-0.4, -0.2) is 26.4 Å². The zero-order chi connectivity index (χ0) is 24.1. The van der Waals surface area contributed by atoms with Gasteiger partial charge >= 0.3 is 0 Å². The molecule has 3 nitrogen and oxygen atoms in total. The average molecular weight is 477 g/mol. The first kappa shape index (κ1) is 24.9. The highest BCUT2D eigenvalue weighted by Crippen LogP contribution is 2.39. The van der Waals surface area contributed by atoms with Crippen molar-refractivity contribution in [2.75, 3.05) is 20.3 Å². The lowest BCUT2D eigenvalue weighted by Crippen LogP contribution is -2.21. The van der Waals surface area contributed by atoms with Crippen LogP contribution < -0.4 is 9.47 Å². The van der Waals surface area contributed by atoms with Crippen LogP contribution in [-0.2, 0) is 4.74 Å². The molecule has 2 aromatic rings. The Bertz CT molecular complexity index is 948. The topological polar surface area (TPSA) is 27.7 Å². The van der Waals surface area contributed by atoms with Gasteiger partial charge in [0.25, 0.3) is 0 Å². The molecule has 0 heterocycles. The van der Waals surface area contributed by atoms with Crippen molar-refractivity contribution in [3.63, 3.8) is 0 Å². The molecule has 0 bridgehead atoms. The smallest absolute Gasteiger partial charge is 0.200 e. The summed E-state index contributed by atoms with van der Waals surface area (Å²) in [4.78, 5) is 0. The molecule has 2 aromatic carbocycles. The standard InChI is InChI=1S/C28H35F3O3/c1-3-33-22-12-13-23(25(29)16-22)19-6-4-18(5-7-19)17-34-26-15-14-24(27(30)28(26)31)20-8-10-21(32-2)11-9-20/h12-16,18-21H,3-11,17H2,1-2H3. The predicted molar refractivity (Wildman–Crippen MR) is 126 cm³/mol. The quantitative estimate of drug-likeness (QED) is 0.394. The Hall–Kier alpha value is -2.21. The molecule has 0 atom stereocenters. The van der Waals surface area contributed by atoms with Crippen molar-refractivity contribution in [2.24, 2.45) is 5.92 Å². The number of benzene rings is 2. The number of halogens is 3. The molecule has 0 amide bonds. The molecule has 2 aliphatic rings. The van der Waals surface area contributed by atoms with Crippen molar-refractivity contribution in [1.29, 1.82) is 0 Å². The Morgan fingerprint density at radius 1 is 0.765 bits per heavy atom. The van der Waals surface area contributed by atoms with Crippen LogP contribution in [0.4, 0.5) is 13.2 Å². The summed E-state index contributed by atoms with van der Waals surface area (Å²) >= 11 is 0. The third-order valence-corrected chi connectivity index (χ3v) is 7.57. The van der Waals surface area contributed by atoms with Crippen molar-refractivity contribution in [1.82, 2.24) is 0 Å². The molecule has 2 saturated carbocycles. The molecule has 34 heavy (non-hydrogen) atoms. The summed E-state index contributed by atoms with van der Waals surface area (Å²) in [5.74, 6) is -0.945. The summed E-state index contributed by atoms with van der Waals surface area (Å²) in [5.41, 5.74) is 1.17. The number of hydrogen-bond donors (Lipinski definition) is 0. The van der Waals surface area contributed by atoms with Gasteiger partial charge in [0.05, 0.1) is 19.3 Å².